The fourth-order valence-electron chi connectivity index (χ4n) is 2.28. The van der Waals surface area contributed by atoms with Crippen LogP contribution in [0.2, 0.25) is 0 Å². The summed E-state index contributed by atoms with van der Waals surface area (Å²) in [4.78, 5) is 15.3. The Hall–Kier alpha value is -1.84. The summed E-state index contributed by atoms with van der Waals surface area (Å²) >= 11 is 0. The molecule has 1 fully saturated rings. The Kier molecular flexibility index (Phi) is 8.73. The first-order valence-electron chi connectivity index (χ1n) is 7.13. The summed E-state index contributed by atoms with van der Waals surface area (Å²) in [6, 6.07) is 6.20. The molecular formula is C15H21BN2O5S. The SMILES string of the molecule is [B+2]c1ccc(S(=O)(=O)CC=CN2CCN(C(C)=O)CC2)cc1.[OH-].[OH-]. The number of amides is 1. The van der Waals surface area contributed by atoms with Crippen LogP contribution in [-0.2, 0) is 14.6 Å². The van der Waals surface area contributed by atoms with Crippen LogP contribution in [0.15, 0.2) is 41.4 Å². The van der Waals surface area contributed by atoms with E-state index in [9.17, 15) is 13.2 Å². The third-order valence-electron chi connectivity index (χ3n) is 3.63. The molecule has 0 bridgehead atoms. The van der Waals surface area contributed by atoms with Crippen LogP contribution in [0.4, 0.5) is 0 Å². The summed E-state index contributed by atoms with van der Waals surface area (Å²) in [5.74, 6) is 0.0265. The molecule has 0 unspecified atom stereocenters. The van der Waals surface area contributed by atoms with Crippen molar-refractivity contribution in [3.63, 3.8) is 0 Å². The Morgan fingerprint density at radius 1 is 1.12 bits per heavy atom. The molecule has 1 aromatic carbocycles. The number of carbonyl (C=O) groups is 1. The largest absolute Gasteiger partial charge is 0.870 e. The predicted octanol–water partition coefficient (Wildman–Crippen LogP) is -0.422. The summed E-state index contributed by atoms with van der Waals surface area (Å²) in [6.45, 7) is 4.34. The number of hydrogen-bond donors (Lipinski definition) is 0. The Labute approximate surface area is 143 Å². The minimum atomic E-state index is -3.34. The first kappa shape index (κ1) is 22.2. The van der Waals surface area contributed by atoms with E-state index in [4.69, 9.17) is 7.85 Å². The van der Waals surface area contributed by atoms with Crippen molar-refractivity contribution in [3.05, 3.63) is 36.5 Å². The summed E-state index contributed by atoms with van der Waals surface area (Å²) in [5, 5.41) is 0. The molecule has 0 atom stereocenters. The van der Waals surface area contributed by atoms with E-state index in [1.165, 1.54) is 12.1 Å². The fourth-order valence-corrected chi connectivity index (χ4v) is 3.36. The fraction of sp³-hybridized carbons (Fsp3) is 0.400. The van der Waals surface area contributed by atoms with E-state index in [0.717, 1.165) is 13.1 Å². The molecule has 2 N–H and O–H groups in total. The first-order valence-corrected chi connectivity index (χ1v) is 8.78. The molecule has 0 aliphatic carbocycles. The molecule has 24 heavy (non-hydrogen) atoms. The first-order chi connectivity index (χ1) is 10.4. The van der Waals surface area contributed by atoms with Crippen molar-refractivity contribution in [2.24, 2.45) is 0 Å². The third-order valence-corrected chi connectivity index (χ3v) is 5.25. The molecule has 1 amide bonds. The monoisotopic (exact) mass is 352 g/mol. The van der Waals surface area contributed by atoms with Crippen molar-refractivity contribution in [1.29, 1.82) is 0 Å². The molecule has 2 rings (SSSR count). The standard InChI is InChI=1S/C15H19BN2O3S.2H2O/c1-13(19)18-10-8-17(9-11-18)7-2-12-22(20,21)15-5-3-14(16)4-6-15;;/h2-7H,8-12H2,1H3;2*1H2/q+2;;/p-2. The second kappa shape index (κ2) is 9.46. The van der Waals surface area contributed by atoms with Crippen molar-refractivity contribution in [1.82, 2.24) is 9.80 Å². The van der Waals surface area contributed by atoms with E-state index < -0.39 is 9.84 Å². The van der Waals surface area contributed by atoms with Crippen LogP contribution in [0.5, 0.6) is 0 Å². The molecule has 130 valence electrons. The summed E-state index contributed by atoms with van der Waals surface area (Å²) in [6.07, 6.45) is 3.45. The summed E-state index contributed by atoms with van der Waals surface area (Å²) in [5.41, 5.74) is 0.540. The third kappa shape index (κ3) is 5.99. The molecular weight excluding hydrogens is 331 g/mol. The zero-order valence-corrected chi connectivity index (χ0v) is 14.3. The van der Waals surface area contributed by atoms with Gasteiger partial charge in [-0.1, -0.05) is 0 Å². The topological polar surface area (TPSA) is 118 Å². The van der Waals surface area contributed by atoms with Gasteiger partial charge in [-0.3, -0.25) is 4.79 Å². The molecule has 0 saturated carbocycles. The van der Waals surface area contributed by atoms with E-state index in [1.807, 2.05) is 4.90 Å². The number of benzene rings is 1. The van der Waals surface area contributed by atoms with Crippen LogP contribution in [-0.4, -0.2) is 74.9 Å². The van der Waals surface area contributed by atoms with Crippen LogP contribution in [0.1, 0.15) is 6.92 Å². The van der Waals surface area contributed by atoms with Gasteiger partial charge in [-0.05, 0) is 0 Å². The molecule has 1 aromatic rings. The van der Waals surface area contributed by atoms with E-state index >= 15 is 0 Å². The second-order valence-electron chi connectivity index (χ2n) is 5.28. The minimum Gasteiger partial charge on any atom is -0.870 e. The quantitative estimate of drug-likeness (QED) is 0.679. The molecule has 9 heteroatoms. The van der Waals surface area contributed by atoms with Gasteiger partial charge in [0, 0.05) is 6.92 Å². The number of nitrogens with zero attached hydrogens (tertiary/aromatic N) is 2. The summed E-state index contributed by atoms with van der Waals surface area (Å²) < 4.78 is 24.3. The van der Waals surface area contributed by atoms with Crippen LogP contribution in [0.25, 0.3) is 0 Å². The van der Waals surface area contributed by atoms with Gasteiger partial charge >= 0.3 is 115 Å². The molecule has 0 spiro atoms. The van der Waals surface area contributed by atoms with Gasteiger partial charge in [-0.25, -0.2) is 0 Å². The van der Waals surface area contributed by atoms with E-state index in [0.29, 0.717) is 18.6 Å². The second-order valence-corrected chi connectivity index (χ2v) is 7.31. The maximum Gasteiger partial charge on any atom is -0.870 e. The maximum absolute atomic E-state index is 12.2. The van der Waals surface area contributed by atoms with Gasteiger partial charge in [-0.15, -0.1) is 0 Å². The number of sulfone groups is 1. The van der Waals surface area contributed by atoms with Gasteiger partial charge in [0.05, 0.1) is 0 Å². The molecule has 1 heterocycles. The van der Waals surface area contributed by atoms with Gasteiger partial charge in [0.15, 0.2) is 0 Å². The molecule has 1 aliphatic rings. The molecule has 1 aliphatic heterocycles. The van der Waals surface area contributed by atoms with E-state index in [2.05, 4.69) is 0 Å². The smallest absolute Gasteiger partial charge is 0.870 e. The van der Waals surface area contributed by atoms with Gasteiger partial charge in [0.1, 0.15) is 0 Å². The number of carbonyl (C=O) groups excluding carboxylic acids is 1. The summed E-state index contributed by atoms with van der Waals surface area (Å²) in [7, 11) is 2.22. The van der Waals surface area contributed by atoms with Crippen molar-refractivity contribution < 1.29 is 24.2 Å². The van der Waals surface area contributed by atoms with Crippen LogP contribution in [0.3, 0.4) is 0 Å². The van der Waals surface area contributed by atoms with Crippen LogP contribution in [0, 0.1) is 0 Å². The normalized spacial score (nSPS) is 15.0. The number of piperazine rings is 1. The molecule has 7 nitrogen and oxygen atoms in total. The van der Waals surface area contributed by atoms with Crippen molar-refractivity contribution >= 4 is 29.1 Å². The molecule has 1 saturated heterocycles. The molecule has 0 radical (unpaired) electrons. The van der Waals surface area contributed by atoms with Gasteiger partial charge in [-0.2, -0.15) is 0 Å². The maximum atomic E-state index is 12.2. The van der Waals surface area contributed by atoms with Gasteiger partial charge in [0.2, 0.25) is 5.91 Å². The predicted molar refractivity (Wildman–Crippen MR) is 90.7 cm³/mol. The van der Waals surface area contributed by atoms with Crippen molar-refractivity contribution in [3.8, 4) is 0 Å². The van der Waals surface area contributed by atoms with E-state index in [1.54, 1.807) is 36.2 Å². The average molecular weight is 352 g/mol. The zero-order chi connectivity index (χ0) is 16.2. The zero-order valence-electron chi connectivity index (χ0n) is 13.5. The van der Waals surface area contributed by atoms with E-state index in [-0.39, 0.29) is 27.5 Å². The Morgan fingerprint density at radius 3 is 2.17 bits per heavy atom. The van der Waals surface area contributed by atoms with Crippen LogP contribution < -0.4 is 5.46 Å². The Bertz CT molecular complexity index is 653. The Balaban J connectivity index is 0.00000264. The van der Waals surface area contributed by atoms with Crippen molar-refractivity contribution in [2.75, 3.05) is 31.9 Å². The number of hydrogen-bond acceptors (Lipinski definition) is 6. The molecule has 0 aromatic heterocycles. The average Bonchev–Trinajstić information content (AvgIpc) is 2.48. The van der Waals surface area contributed by atoms with Gasteiger partial charge < -0.3 is 11.0 Å². The minimum absolute atomic E-state index is 0. The van der Waals surface area contributed by atoms with Crippen LogP contribution >= 0.6 is 0 Å². The number of rotatable bonds is 4. The van der Waals surface area contributed by atoms with Crippen molar-refractivity contribution in [2.45, 2.75) is 11.8 Å². The van der Waals surface area contributed by atoms with Gasteiger partial charge in [0.25, 0.3) is 0 Å². The Morgan fingerprint density at radius 2 is 1.67 bits per heavy atom.